The SMILES string of the molecule is CCN(CC)C1(c2cccs2)CCC2(CC1)CC(=O)N(CC1CC1)C2. The molecule has 2 aliphatic carbocycles. The maximum absolute atomic E-state index is 12.6. The van der Waals surface area contributed by atoms with E-state index in [9.17, 15) is 4.79 Å². The van der Waals surface area contributed by atoms with E-state index >= 15 is 0 Å². The minimum absolute atomic E-state index is 0.204. The number of nitrogens with zero attached hydrogens (tertiary/aromatic N) is 2. The van der Waals surface area contributed by atoms with Crippen molar-refractivity contribution in [3.05, 3.63) is 22.4 Å². The molecule has 3 aliphatic rings. The van der Waals surface area contributed by atoms with Gasteiger partial charge in [-0.1, -0.05) is 19.9 Å². The van der Waals surface area contributed by atoms with Gasteiger partial charge in [-0.25, -0.2) is 0 Å². The summed E-state index contributed by atoms with van der Waals surface area (Å²) in [5, 5.41) is 2.22. The molecule has 1 aromatic rings. The van der Waals surface area contributed by atoms with Crippen LogP contribution in [0.4, 0.5) is 0 Å². The summed E-state index contributed by atoms with van der Waals surface area (Å²) in [4.78, 5) is 19.0. The van der Waals surface area contributed by atoms with Crippen LogP contribution in [0.25, 0.3) is 0 Å². The highest BCUT2D eigenvalue weighted by Gasteiger charge is 2.51. The predicted molar refractivity (Wildman–Crippen MR) is 104 cm³/mol. The summed E-state index contributed by atoms with van der Waals surface area (Å²) in [5.74, 6) is 1.24. The number of carbonyl (C=O) groups excluding carboxylic acids is 1. The van der Waals surface area contributed by atoms with E-state index in [0.717, 1.165) is 38.5 Å². The van der Waals surface area contributed by atoms with Crippen LogP contribution in [0.15, 0.2) is 17.5 Å². The Bertz CT molecular complexity index is 595. The summed E-state index contributed by atoms with van der Waals surface area (Å²) in [6.07, 6.45) is 8.29. The molecule has 4 rings (SSSR count). The highest BCUT2D eigenvalue weighted by Crippen LogP contribution is 2.53. The van der Waals surface area contributed by atoms with Crippen molar-refractivity contribution < 1.29 is 4.79 Å². The van der Waals surface area contributed by atoms with Crippen molar-refractivity contribution in [2.45, 2.75) is 64.3 Å². The van der Waals surface area contributed by atoms with Crippen LogP contribution in [0.2, 0.25) is 0 Å². The Morgan fingerprint density at radius 2 is 1.92 bits per heavy atom. The zero-order valence-electron chi connectivity index (χ0n) is 15.8. The lowest BCUT2D eigenvalue weighted by Crippen LogP contribution is -2.50. The molecule has 0 bridgehead atoms. The number of thiophene rings is 1. The van der Waals surface area contributed by atoms with Gasteiger partial charge in [-0.2, -0.15) is 0 Å². The maximum atomic E-state index is 12.6. The summed E-state index contributed by atoms with van der Waals surface area (Å²) in [6.45, 7) is 8.86. The maximum Gasteiger partial charge on any atom is 0.223 e. The van der Waals surface area contributed by atoms with Gasteiger partial charge in [0.1, 0.15) is 0 Å². The summed E-state index contributed by atoms with van der Waals surface area (Å²) >= 11 is 1.92. The van der Waals surface area contributed by atoms with Crippen molar-refractivity contribution >= 4 is 17.2 Å². The molecule has 0 aromatic carbocycles. The number of rotatable bonds is 6. The summed E-state index contributed by atoms with van der Waals surface area (Å²) < 4.78 is 0. The van der Waals surface area contributed by atoms with E-state index in [-0.39, 0.29) is 11.0 Å². The molecular weight excluding hydrogens is 328 g/mol. The lowest BCUT2D eigenvalue weighted by atomic mass is 9.65. The van der Waals surface area contributed by atoms with Crippen LogP contribution < -0.4 is 0 Å². The molecule has 0 radical (unpaired) electrons. The van der Waals surface area contributed by atoms with Crippen molar-refractivity contribution in [2.24, 2.45) is 11.3 Å². The average Bonchev–Trinajstić information content (AvgIpc) is 3.15. The number of hydrogen-bond donors (Lipinski definition) is 0. The first-order chi connectivity index (χ1) is 12.1. The van der Waals surface area contributed by atoms with E-state index in [1.807, 2.05) is 11.3 Å². The van der Waals surface area contributed by atoms with Gasteiger partial charge in [-0.05, 0) is 74.4 Å². The van der Waals surface area contributed by atoms with Crippen LogP contribution in [0.5, 0.6) is 0 Å². The van der Waals surface area contributed by atoms with Gasteiger partial charge in [0.15, 0.2) is 0 Å². The van der Waals surface area contributed by atoms with Crippen LogP contribution in [0.3, 0.4) is 0 Å². The normalized spacial score (nSPS) is 32.9. The minimum atomic E-state index is 0.204. The third-order valence-electron chi connectivity index (χ3n) is 7.07. The van der Waals surface area contributed by atoms with Gasteiger partial charge < -0.3 is 4.90 Å². The largest absolute Gasteiger partial charge is 0.342 e. The molecular formula is C21H32N2OS. The highest BCUT2D eigenvalue weighted by molar-refractivity contribution is 7.10. The fraction of sp³-hybridized carbons (Fsp3) is 0.762. The number of amides is 1. The fourth-order valence-electron chi connectivity index (χ4n) is 5.38. The molecule has 0 unspecified atom stereocenters. The molecule has 3 fully saturated rings. The molecule has 25 heavy (non-hydrogen) atoms. The standard InChI is InChI=1S/C21H32N2OS/c1-3-23(4-2)21(18-6-5-13-25-18)11-9-20(10-12-21)14-19(24)22(16-20)15-17-7-8-17/h5-6,13,17H,3-4,7-12,14-16H2,1-2H3. The van der Waals surface area contributed by atoms with Crippen LogP contribution in [-0.2, 0) is 10.3 Å². The topological polar surface area (TPSA) is 23.6 Å². The molecule has 0 atom stereocenters. The molecule has 1 spiro atoms. The second-order valence-electron chi connectivity index (χ2n) is 8.58. The summed E-state index contributed by atoms with van der Waals surface area (Å²) in [5.41, 5.74) is 0.468. The van der Waals surface area contributed by atoms with Crippen LogP contribution in [0, 0.1) is 11.3 Å². The number of hydrogen-bond acceptors (Lipinski definition) is 3. The van der Waals surface area contributed by atoms with Gasteiger partial charge in [-0.3, -0.25) is 9.69 Å². The molecule has 138 valence electrons. The van der Waals surface area contributed by atoms with E-state index < -0.39 is 0 Å². The molecule has 1 aromatic heterocycles. The lowest BCUT2D eigenvalue weighted by molar-refractivity contribution is -0.128. The summed E-state index contributed by atoms with van der Waals surface area (Å²) in [7, 11) is 0. The molecule has 2 heterocycles. The summed E-state index contributed by atoms with van der Waals surface area (Å²) in [6, 6.07) is 4.53. The average molecular weight is 361 g/mol. The number of carbonyl (C=O) groups is 1. The first-order valence-electron chi connectivity index (χ1n) is 10.2. The van der Waals surface area contributed by atoms with E-state index in [1.54, 1.807) is 0 Å². The first kappa shape index (κ1) is 17.5. The Morgan fingerprint density at radius 3 is 2.48 bits per heavy atom. The van der Waals surface area contributed by atoms with Crippen molar-refractivity contribution in [3.63, 3.8) is 0 Å². The Morgan fingerprint density at radius 1 is 1.20 bits per heavy atom. The zero-order valence-corrected chi connectivity index (χ0v) is 16.6. The second-order valence-corrected chi connectivity index (χ2v) is 9.52. The van der Waals surface area contributed by atoms with Crippen molar-refractivity contribution in [3.8, 4) is 0 Å². The van der Waals surface area contributed by atoms with E-state index in [2.05, 4.69) is 41.2 Å². The molecule has 4 heteroatoms. The fourth-order valence-corrected chi connectivity index (χ4v) is 6.39. The molecule has 1 amide bonds. The Kier molecular flexibility index (Phi) is 4.70. The minimum Gasteiger partial charge on any atom is -0.342 e. The van der Waals surface area contributed by atoms with E-state index in [0.29, 0.717) is 5.91 Å². The monoisotopic (exact) mass is 360 g/mol. The van der Waals surface area contributed by atoms with Crippen LogP contribution in [0.1, 0.15) is 63.7 Å². The first-order valence-corrected chi connectivity index (χ1v) is 11.1. The molecule has 1 aliphatic heterocycles. The van der Waals surface area contributed by atoms with Gasteiger partial charge in [-0.15, -0.1) is 11.3 Å². The van der Waals surface area contributed by atoms with Crippen LogP contribution >= 0.6 is 11.3 Å². The molecule has 1 saturated heterocycles. The molecule has 0 N–H and O–H groups in total. The lowest BCUT2D eigenvalue weighted by Gasteiger charge is -2.50. The molecule has 3 nitrogen and oxygen atoms in total. The van der Waals surface area contributed by atoms with Gasteiger partial charge >= 0.3 is 0 Å². The van der Waals surface area contributed by atoms with Gasteiger partial charge in [0, 0.05) is 24.4 Å². The third kappa shape index (κ3) is 3.16. The smallest absolute Gasteiger partial charge is 0.223 e. The van der Waals surface area contributed by atoms with Gasteiger partial charge in [0.2, 0.25) is 5.91 Å². The predicted octanol–water partition coefficient (Wildman–Crippen LogP) is 4.49. The molecule has 2 saturated carbocycles. The zero-order chi connectivity index (χ0) is 17.5. The van der Waals surface area contributed by atoms with E-state index in [4.69, 9.17) is 0 Å². The van der Waals surface area contributed by atoms with Gasteiger partial charge in [0.25, 0.3) is 0 Å². The third-order valence-corrected chi connectivity index (χ3v) is 8.13. The Balaban J connectivity index is 1.51. The van der Waals surface area contributed by atoms with E-state index in [1.165, 1.54) is 43.4 Å². The Labute approximate surface area is 156 Å². The number of likely N-dealkylation sites (tertiary alicyclic amines) is 1. The quantitative estimate of drug-likeness (QED) is 0.746. The van der Waals surface area contributed by atoms with Crippen molar-refractivity contribution in [1.82, 2.24) is 9.80 Å². The van der Waals surface area contributed by atoms with Crippen molar-refractivity contribution in [2.75, 3.05) is 26.2 Å². The van der Waals surface area contributed by atoms with Crippen molar-refractivity contribution in [1.29, 1.82) is 0 Å². The van der Waals surface area contributed by atoms with Crippen LogP contribution in [-0.4, -0.2) is 41.9 Å². The second kappa shape index (κ2) is 6.70. The Hall–Kier alpha value is -0.870. The highest BCUT2D eigenvalue weighted by atomic mass is 32.1. The van der Waals surface area contributed by atoms with Gasteiger partial charge in [0.05, 0.1) is 5.54 Å².